The summed E-state index contributed by atoms with van der Waals surface area (Å²) in [6, 6.07) is 7.34. The van der Waals surface area contributed by atoms with E-state index in [-0.39, 0.29) is 11.8 Å². The molecule has 0 spiro atoms. The molecule has 0 saturated carbocycles. The SMILES string of the molecule is COc1cccc(CNC(=O)c2sc(NC(=O)C(C)(C)C)cc2C)c1OC. The summed E-state index contributed by atoms with van der Waals surface area (Å²) in [5, 5.41) is 6.43. The molecule has 2 amide bonds. The molecule has 0 unspecified atom stereocenters. The number of ether oxygens (including phenoxy) is 2. The van der Waals surface area contributed by atoms with Gasteiger partial charge >= 0.3 is 0 Å². The highest BCUT2D eigenvalue weighted by atomic mass is 32.1. The number of carbonyl (C=O) groups is 2. The van der Waals surface area contributed by atoms with Crippen LogP contribution in [0.2, 0.25) is 0 Å². The summed E-state index contributed by atoms with van der Waals surface area (Å²) in [5.74, 6) is 0.931. The lowest BCUT2D eigenvalue weighted by atomic mass is 9.96. The molecular weight excluding hydrogens is 364 g/mol. The third-order valence-corrected chi connectivity index (χ3v) is 5.12. The van der Waals surface area contributed by atoms with E-state index in [4.69, 9.17) is 9.47 Å². The van der Waals surface area contributed by atoms with Gasteiger partial charge in [0.25, 0.3) is 5.91 Å². The Morgan fingerprint density at radius 2 is 1.85 bits per heavy atom. The van der Waals surface area contributed by atoms with Gasteiger partial charge in [-0.15, -0.1) is 11.3 Å². The average molecular weight is 391 g/mol. The normalized spacial score (nSPS) is 11.0. The van der Waals surface area contributed by atoms with Crippen LogP contribution in [0, 0.1) is 12.3 Å². The van der Waals surface area contributed by atoms with E-state index in [1.54, 1.807) is 20.3 Å². The molecule has 0 saturated heterocycles. The van der Waals surface area contributed by atoms with Crippen LogP contribution in [0.4, 0.5) is 5.00 Å². The van der Waals surface area contributed by atoms with Crippen molar-refractivity contribution in [2.45, 2.75) is 34.2 Å². The van der Waals surface area contributed by atoms with Crippen molar-refractivity contribution in [2.24, 2.45) is 5.41 Å². The maximum absolute atomic E-state index is 12.6. The number of rotatable bonds is 6. The van der Waals surface area contributed by atoms with Crippen molar-refractivity contribution in [2.75, 3.05) is 19.5 Å². The van der Waals surface area contributed by atoms with Gasteiger partial charge in [-0.05, 0) is 24.6 Å². The Morgan fingerprint density at radius 3 is 2.44 bits per heavy atom. The van der Waals surface area contributed by atoms with Gasteiger partial charge in [-0.1, -0.05) is 32.9 Å². The van der Waals surface area contributed by atoms with Crippen LogP contribution >= 0.6 is 11.3 Å². The number of benzene rings is 1. The molecule has 6 nitrogen and oxygen atoms in total. The van der Waals surface area contributed by atoms with Crippen LogP contribution in [0.25, 0.3) is 0 Å². The number of hydrogen-bond acceptors (Lipinski definition) is 5. The van der Waals surface area contributed by atoms with Crippen molar-refractivity contribution in [3.63, 3.8) is 0 Å². The van der Waals surface area contributed by atoms with Crippen molar-refractivity contribution < 1.29 is 19.1 Å². The van der Waals surface area contributed by atoms with E-state index < -0.39 is 5.41 Å². The summed E-state index contributed by atoms with van der Waals surface area (Å²) in [6.45, 7) is 7.69. The van der Waals surface area contributed by atoms with Gasteiger partial charge < -0.3 is 20.1 Å². The van der Waals surface area contributed by atoms with Gasteiger partial charge in [-0.3, -0.25) is 9.59 Å². The quantitative estimate of drug-likeness (QED) is 0.782. The highest BCUT2D eigenvalue weighted by Gasteiger charge is 2.23. The molecule has 1 aromatic carbocycles. The first-order chi connectivity index (χ1) is 12.7. The van der Waals surface area contributed by atoms with E-state index in [2.05, 4.69) is 10.6 Å². The van der Waals surface area contributed by atoms with Crippen LogP contribution in [-0.4, -0.2) is 26.0 Å². The van der Waals surface area contributed by atoms with Crippen LogP contribution in [0.3, 0.4) is 0 Å². The van der Waals surface area contributed by atoms with Crippen LogP contribution in [-0.2, 0) is 11.3 Å². The fourth-order valence-electron chi connectivity index (χ4n) is 2.42. The number of anilines is 1. The fourth-order valence-corrected chi connectivity index (χ4v) is 3.40. The van der Waals surface area contributed by atoms with Crippen LogP contribution in [0.15, 0.2) is 24.3 Å². The van der Waals surface area contributed by atoms with E-state index in [9.17, 15) is 9.59 Å². The molecule has 1 aromatic heterocycles. The van der Waals surface area contributed by atoms with Crippen LogP contribution < -0.4 is 20.1 Å². The zero-order valence-electron chi connectivity index (χ0n) is 16.6. The third kappa shape index (κ3) is 5.01. The van der Waals surface area contributed by atoms with Gasteiger partial charge in [0.15, 0.2) is 11.5 Å². The van der Waals surface area contributed by atoms with Crippen molar-refractivity contribution in [3.05, 3.63) is 40.3 Å². The van der Waals surface area contributed by atoms with Crippen molar-refractivity contribution in [3.8, 4) is 11.5 Å². The molecule has 0 aliphatic carbocycles. The van der Waals surface area contributed by atoms with Gasteiger partial charge in [0.2, 0.25) is 5.91 Å². The lowest BCUT2D eigenvalue weighted by molar-refractivity contribution is -0.123. The molecule has 1 heterocycles. The molecule has 2 rings (SSSR count). The Morgan fingerprint density at radius 1 is 1.15 bits per heavy atom. The second kappa shape index (κ2) is 8.43. The smallest absolute Gasteiger partial charge is 0.261 e. The molecule has 7 heteroatoms. The highest BCUT2D eigenvalue weighted by molar-refractivity contribution is 7.18. The molecule has 0 fully saturated rings. The molecule has 0 aliphatic rings. The van der Waals surface area contributed by atoms with E-state index in [1.165, 1.54) is 11.3 Å². The van der Waals surface area contributed by atoms with E-state index in [1.807, 2.05) is 45.9 Å². The standard InChI is InChI=1S/C20H26N2O4S/c1-12-10-15(22-19(24)20(2,3)4)27-17(12)18(23)21-11-13-8-7-9-14(25-5)16(13)26-6/h7-10H,11H2,1-6H3,(H,21,23)(H,22,24). The van der Waals surface area contributed by atoms with Gasteiger partial charge in [0, 0.05) is 17.5 Å². The first kappa shape index (κ1) is 20.8. The fraction of sp³-hybridized carbons (Fsp3) is 0.400. The maximum Gasteiger partial charge on any atom is 0.261 e. The lowest BCUT2D eigenvalue weighted by Gasteiger charge is -2.16. The van der Waals surface area contributed by atoms with Crippen molar-refractivity contribution in [1.82, 2.24) is 5.32 Å². The summed E-state index contributed by atoms with van der Waals surface area (Å²) < 4.78 is 10.7. The van der Waals surface area contributed by atoms with Gasteiger partial charge in [-0.2, -0.15) is 0 Å². The molecule has 146 valence electrons. The molecule has 2 aromatic rings. The number of hydrogen-bond donors (Lipinski definition) is 2. The lowest BCUT2D eigenvalue weighted by Crippen LogP contribution is -2.27. The summed E-state index contributed by atoms with van der Waals surface area (Å²) in [6.07, 6.45) is 0. The minimum absolute atomic E-state index is 0.0863. The maximum atomic E-state index is 12.6. The number of nitrogens with one attached hydrogen (secondary N) is 2. The summed E-state index contributed by atoms with van der Waals surface area (Å²) in [5.41, 5.74) is 1.14. The minimum atomic E-state index is -0.497. The number of methoxy groups -OCH3 is 2. The average Bonchev–Trinajstić information content (AvgIpc) is 2.98. The number of amides is 2. The third-order valence-electron chi connectivity index (χ3n) is 3.97. The first-order valence-corrected chi connectivity index (χ1v) is 9.39. The molecule has 0 bridgehead atoms. The summed E-state index contributed by atoms with van der Waals surface area (Å²) in [4.78, 5) is 25.3. The van der Waals surface area contributed by atoms with E-state index in [0.717, 1.165) is 11.1 Å². The second-order valence-corrected chi connectivity index (χ2v) is 8.21. The van der Waals surface area contributed by atoms with Gasteiger partial charge in [0.1, 0.15) is 0 Å². The topological polar surface area (TPSA) is 76.7 Å². The number of para-hydroxylation sites is 1. The zero-order valence-corrected chi connectivity index (χ0v) is 17.4. The van der Waals surface area contributed by atoms with Crippen LogP contribution in [0.5, 0.6) is 11.5 Å². The molecule has 27 heavy (non-hydrogen) atoms. The molecule has 2 N–H and O–H groups in total. The predicted octanol–water partition coefficient (Wildman–Crippen LogP) is 3.99. The van der Waals surface area contributed by atoms with E-state index >= 15 is 0 Å². The Hall–Kier alpha value is -2.54. The molecule has 0 atom stereocenters. The Labute approximate surface area is 163 Å². The van der Waals surface area contributed by atoms with Crippen LogP contribution in [0.1, 0.15) is 41.6 Å². The monoisotopic (exact) mass is 390 g/mol. The largest absolute Gasteiger partial charge is 0.493 e. The minimum Gasteiger partial charge on any atom is -0.493 e. The van der Waals surface area contributed by atoms with Crippen molar-refractivity contribution >= 4 is 28.2 Å². The summed E-state index contributed by atoms with van der Waals surface area (Å²) in [7, 11) is 3.14. The number of thiophene rings is 1. The predicted molar refractivity (Wildman–Crippen MR) is 108 cm³/mol. The Balaban J connectivity index is 2.10. The molecule has 0 radical (unpaired) electrons. The molecule has 0 aliphatic heterocycles. The Bertz CT molecular complexity index is 837. The van der Waals surface area contributed by atoms with E-state index in [0.29, 0.717) is 27.9 Å². The van der Waals surface area contributed by atoms with Gasteiger partial charge in [-0.25, -0.2) is 0 Å². The molecular formula is C20H26N2O4S. The Kier molecular flexibility index (Phi) is 6.49. The summed E-state index contributed by atoms with van der Waals surface area (Å²) >= 11 is 1.26. The highest BCUT2D eigenvalue weighted by Crippen LogP contribution is 2.31. The number of carbonyl (C=O) groups excluding carboxylic acids is 2. The second-order valence-electron chi connectivity index (χ2n) is 7.16. The van der Waals surface area contributed by atoms with Crippen molar-refractivity contribution in [1.29, 1.82) is 0 Å². The van der Waals surface area contributed by atoms with Gasteiger partial charge in [0.05, 0.1) is 24.1 Å². The number of aryl methyl sites for hydroxylation is 1. The first-order valence-electron chi connectivity index (χ1n) is 8.57. The zero-order chi connectivity index (χ0) is 20.2.